The highest BCUT2D eigenvalue weighted by Gasteiger charge is 2.12. The molecule has 0 aromatic heterocycles. The number of rotatable bonds is 7. The normalized spacial score (nSPS) is 16.1. The Hall–Kier alpha value is -1.17. The summed E-state index contributed by atoms with van der Waals surface area (Å²) in [5.74, 6) is -0.876. The molecule has 0 aliphatic heterocycles. The second kappa shape index (κ2) is 7.17. The molecule has 0 aliphatic carbocycles. The first-order valence-corrected chi connectivity index (χ1v) is 4.80. The Labute approximate surface area is 88.4 Å². The Morgan fingerprint density at radius 3 is 2.60 bits per heavy atom. The second-order valence-electron chi connectivity index (χ2n) is 3.59. The quantitative estimate of drug-likeness (QED) is 0.418. The molecule has 88 valence electrons. The second-order valence-corrected chi connectivity index (χ2v) is 3.59. The average molecular weight is 219 g/mol. The molecule has 15 heavy (non-hydrogen) atoms. The number of hydrogen-bond acceptors (Lipinski definition) is 3. The number of nitrogens with zero attached hydrogens (tertiary/aromatic N) is 1. The topological polar surface area (TPSA) is 102 Å². The van der Waals surface area contributed by atoms with Gasteiger partial charge in [-0.1, -0.05) is 6.92 Å². The number of amidine groups is 1. The molecule has 6 heteroatoms. The molecule has 0 aliphatic rings. The smallest absolute Gasteiger partial charge is 0.320 e. The van der Waals surface area contributed by atoms with E-state index < -0.39 is 18.7 Å². The zero-order valence-corrected chi connectivity index (χ0v) is 8.82. The van der Waals surface area contributed by atoms with Crippen molar-refractivity contribution < 1.29 is 14.3 Å². The van der Waals surface area contributed by atoms with E-state index in [1.165, 1.54) is 0 Å². The van der Waals surface area contributed by atoms with Gasteiger partial charge in [-0.3, -0.25) is 9.79 Å². The van der Waals surface area contributed by atoms with Gasteiger partial charge < -0.3 is 16.6 Å². The summed E-state index contributed by atoms with van der Waals surface area (Å²) in [5, 5.41) is 8.53. The lowest BCUT2D eigenvalue weighted by atomic mass is 10.0. The predicted molar refractivity (Wildman–Crippen MR) is 56.5 cm³/mol. The first-order chi connectivity index (χ1) is 6.97. The lowest BCUT2D eigenvalue weighted by molar-refractivity contribution is -0.138. The third-order valence-electron chi connectivity index (χ3n) is 2.03. The van der Waals surface area contributed by atoms with Crippen molar-refractivity contribution in [1.29, 1.82) is 0 Å². The summed E-state index contributed by atoms with van der Waals surface area (Å²) in [6.45, 7) is 1.55. The van der Waals surface area contributed by atoms with E-state index in [4.69, 9.17) is 16.6 Å². The van der Waals surface area contributed by atoms with Crippen LogP contribution in [0.5, 0.6) is 0 Å². The Morgan fingerprint density at radius 1 is 1.53 bits per heavy atom. The van der Waals surface area contributed by atoms with Crippen LogP contribution in [-0.2, 0) is 4.79 Å². The highest BCUT2D eigenvalue weighted by molar-refractivity contribution is 5.81. The molecular weight excluding hydrogens is 201 g/mol. The maximum absolute atomic E-state index is 11.9. The van der Waals surface area contributed by atoms with Gasteiger partial charge in [-0.15, -0.1) is 0 Å². The van der Waals surface area contributed by atoms with Crippen LogP contribution in [0.3, 0.4) is 0 Å². The van der Waals surface area contributed by atoms with E-state index in [0.717, 1.165) is 0 Å². The molecule has 5 nitrogen and oxygen atoms in total. The van der Waals surface area contributed by atoms with Crippen molar-refractivity contribution in [3.05, 3.63) is 0 Å². The summed E-state index contributed by atoms with van der Waals surface area (Å²) >= 11 is 0. The van der Waals surface area contributed by atoms with Crippen molar-refractivity contribution in [3.63, 3.8) is 0 Å². The fourth-order valence-electron chi connectivity index (χ4n) is 0.994. The SMILES string of the molecule is CC(CCC(N)C(=O)O)CN=C(N)CF. The van der Waals surface area contributed by atoms with Crippen LogP contribution in [0.2, 0.25) is 0 Å². The van der Waals surface area contributed by atoms with Crippen molar-refractivity contribution in [2.45, 2.75) is 25.8 Å². The number of alkyl halides is 1. The van der Waals surface area contributed by atoms with Gasteiger partial charge in [0.2, 0.25) is 0 Å². The van der Waals surface area contributed by atoms with Crippen molar-refractivity contribution in [1.82, 2.24) is 0 Å². The molecule has 0 aromatic rings. The Morgan fingerprint density at radius 2 is 2.13 bits per heavy atom. The highest BCUT2D eigenvalue weighted by atomic mass is 19.1. The fourth-order valence-corrected chi connectivity index (χ4v) is 0.994. The minimum absolute atomic E-state index is 0.0237. The summed E-state index contributed by atoms with van der Waals surface area (Å²) in [6, 6.07) is -0.838. The third kappa shape index (κ3) is 6.84. The van der Waals surface area contributed by atoms with Crippen molar-refractivity contribution >= 4 is 11.8 Å². The van der Waals surface area contributed by atoms with E-state index >= 15 is 0 Å². The molecule has 0 saturated heterocycles. The van der Waals surface area contributed by atoms with Crippen LogP contribution in [0.25, 0.3) is 0 Å². The van der Waals surface area contributed by atoms with E-state index in [9.17, 15) is 9.18 Å². The third-order valence-corrected chi connectivity index (χ3v) is 2.03. The zero-order chi connectivity index (χ0) is 11.8. The summed E-state index contributed by atoms with van der Waals surface area (Å²) in [6.07, 6.45) is 1.03. The van der Waals surface area contributed by atoms with Gasteiger partial charge in [-0.25, -0.2) is 4.39 Å². The van der Waals surface area contributed by atoms with Crippen LogP contribution in [0.4, 0.5) is 4.39 Å². The van der Waals surface area contributed by atoms with E-state index in [2.05, 4.69) is 4.99 Å². The van der Waals surface area contributed by atoms with Crippen molar-refractivity contribution in [2.24, 2.45) is 22.4 Å². The molecule has 0 aromatic carbocycles. The minimum atomic E-state index is -1.01. The van der Waals surface area contributed by atoms with E-state index in [-0.39, 0.29) is 11.8 Å². The maximum Gasteiger partial charge on any atom is 0.320 e. The number of hydrogen-bond donors (Lipinski definition) is 3. The maximum atomic E-state index is 11.9. The predicted octanol–water partition coefficient (Wildman–Crippen LogP) is 0.141. The van der Waals surface area contributed by atoms with Gasteiger partial charge in [0.15, 0.2) is 0 Å². The Bertz CT molecular complexity index is 233. The van der Waals surface area contributed by atoms with Gasteiger partial charge in [0.05, 0.1) is 0 Å². The van der Waals surface area contributed by atoms with Gasteiger partial charge in [-0.05, 0) is 18.8 Å². The molecule has 5 N–H and O–H groups in total. The first-order valence-electron chi connectivity index (χ1n) is 4.80. The minimum Gasteiger partial charge on any atom is -0.480 e. The number of carboxylic acid groups (broad SMARTS) is 1. The fraction of sp³-hybridized carbons (Fsp3) is 0.778. The van der Waals surface area contributed by atoms with Crippen molar-refractivity contribution in [2.75, 3.05) is 13.2 Å². The molecular formula is C9H18FN3O2. The number of carboxylic acids is 1. The van der Waals surface area contributed by atoms with E-state index in [0.29, 0.717) is 19.4 Å². The van der Waals surface area contributed by atoms with Crippen molar-refractivity contribution in [3.8, 4) is 0 Å². The Kier molecular flexibility index (Phi) is 6.61. The number of aliphatic imine (C=N–C) groups is 1. The van der Waals surface area contributed by atoms with E-state index in [1.807, 2.05) is 6.92 Å². The summed E-state index contributed by atoms with van der Waals surface area (Å²) in [4.78, 5) is 14.2. The van der Waals surface area contributed by atoms with Crippen LogP contribution in [0.1, 0.15) is 19.8 Å². The Balaban J connectivity index is 3.75. The van der Waals surface area contributed by atoms with Gasteiger partial charge in [0.1, 0.15) is 18.6 Å². The zero-order valence-electron chi connectivity index (χ0n) is 8.82. The van der Waals surface area contributed by atoms with Gasteiger partial charge >= 0.3 is 5.97 Å². The average Bonchev–Trinajstić information content (AvgIpc) is 2.21. The molecule has 2 atom stereocenters. The summed E-state index contributed by atoms with van der Waals surface area (Å²) < 4.78 is 11.9. The molecule has 0 saturated carbocycles. The molecule has 0 spiro atoms. The van der Waals surface area contributed by atoms with Crippen LogP contribution < -0.4 is 11.5 Å². The number of halogens is 1. The van der Waals surface area contributed by atoms with Crippen LogP contribution in [0, 0.1) is 5.92 Å². The highest BCUT2D eigenvalue weighted by Crippen LogP contribution is 2.07. The first kappa shape index (κ1) is 13.8. The number of carbonyl (C=O) groups is 1. The van der Waals surface area contributed by atoms with Gasteiger partial charge in [0.25, 0.3) is 0 Å². The molecule has 0 radical (unpaired) electrons. The van der Waals surface area contributed by atoms with Gasteiger partial charge in [-0.2, -0.15) is 0 Å². The number of aliphatic carboxylic acids is 1. The van der Waals surface area contributed by atoms with Gasteiger partial charge in [0, 0.05) is 6.54 Å². The lowest BCUT2D eigenvalue weighted by Gasteiger charge is -2.10. The van der Waals surface area contributed by atoms with Crippen LogP contribution in [-0.4, -0.2) is 36.2 Å². The van der Waals surface area contributed by atoms with Crippen LogP contribution >= 0.6 is 0 Å². The molecule has 0 amide bonds. The monoisotopic (exact) mass is 219 g/mol. The molecule has 2 unspecified atom stereocenters. The standard InChI is InChI=1S/C9H18FN3O2/c1-6(5-13-8(12)4-10)2-3-7(11)9(14)15/h6-7H,2-5,11H2,1H3,(H2,12,13)(H,14,15). The molecule has 0 fully saturated rings. The van der Waals surface area contributed by atoms with Crippen LogP contribution in [0.15, 0.2) is 4.99 Å². The summed E-state index contributed by atoms with van der Waals surface area (Å²) in [7, 11) is 0. The largest absolute Gasteiger partial charge is 0.480 e. The lowest BCUT2D eigenvalue weighted by Crippen LogP contribution is -2.30. The molecule has 0 bridgehead atoms. The van der Waals surface area contributed by atoms with E-state index in [1.54, 1.807) is 0 Å². The molecule has 0 rings (SSSR count). The molecule has 0 heterocycles. The summed E-state index contributed by atoms with van der Waals surface area (Å²) in [5.41, 5.74) is 10.5. The number of nitrogens with two attached hydrogens (primary N) is 2.